The smallest absolute Gasteiger partial charge is 0.413 e. The number of hydrogen-bond donors (Lipinski definition) is 1. The highest BCUT2D eigenvalue weighted by atomic mass is 16.5. The number of para-hydroxylation sites is 1. The minimum absolute atomic E-state index is 0.0101. The lowest BCUT2D eigenvalue weighted by molar-refractivity contribution is 0.175. The van der Waals surface area contributed by atoms with Gasteiger partial charge in [0, 0.05) is 12.6 Å². The Labute approximate surface area is 149 Å². The molecule has 2 rings (SSSR count). The summed E-state index contributed by atoms with van der Waals surface area (Å²) < 4.78 is 16.6. The number of nitrogens with zero attached hydrogens (tertiary/aromatic N) is 2. The van der Waals surface area contributed by atoms with Crippen molar-refractivity contribution in [1.82, 2.24) is 10.2 Å². The van der Waals surface area contributed by atoms with Crippen molar-refractivity contribution in [2.75, 3.05) is 20.7 Å². The fourth-order valence-corrected chi connectivity index (χ4v) is 2.64. The average molecular weight is 349 g/mol. The van der Waals surface area contributed by atoms with Gasteiger partial charge in [-0.05, 0) is 33.8 Å². The summed E-state index contributed by atoms with van der Waals surface area (Å²) in [6.45, 7) is 8.43. The number of carbonyl (C=O) groups is 1. The van der Waals surface area contributed by atoms with Crippen molar-refractivity contribution < 1.29 is 19.0 Å². The molecule has 138 valence electrons. The van der Waals surface area contributed by atoms with Gasteiger partial charge in [0.15, 0.2) is 11.5 Å². The Bertz CT molecular complexity index is 643. The Balaban J connectivity index is 2.31. The molecule has 7 nitrogen and oxygen atoms in total. The molecule has 0 bridgehead atoms. The highest BCUT2D eigenvalue weighted by Crippen LogP contribution is 2.39. The van der Waals surface area contributed by atoms with Crippen LogP contribution in [0.2, 0.25) is 0 Å². The molecule has 1 aliphatic heterocycles. The third-order valence-electron chi connectivity index (χ3n) is 3.70. The SMILES string of the molecule is COC(=O)NC1=NCC(c2cccc(OC(C)C)c2OC(C)C)N1C. The van der Waals surface area contributed by atoms with Crippen molar-refractivity contribution in [2.45, 2.75) is 45.9 Å². The molecule has 1 heterocycles. The zero-order valence-electron chi connectivity index (χ0n) is 15.7. The third kappa shape index (κ3) is 4.55. The second-order valence-electron chi connectivity index (χ2n) is 6.42. The van der Waals surface area contributed by atoms with Crippen molar-refractivity contribution in [1.29, 1.82) is 0 Å². The van der Waals surface area contributed by atoms with Crippen LogP contribution in [0.4, 0.5) is 4.79 Å². The maximum Gasteiger partial charge on any atom is 0.413 e. The molecular weight excluding hydrogens is 322 g/mol. The van der Waals surface area contributed by atoms with E-state index in [1.165, 1.54) is 7.11 Å². The zero-order valence-corrected chi connectivity index (χ0v) is 15.7. The van der Waals surface area contributed by atoms with Gasteiger partial charge in [0.2, 0.25) is 5.96 Å². The van der Waals surface area contributed by atoms with Crippen LogP contribution in [0.25, 0.3) is 0 Å². The summed E-state index contributed by atoms with van der Waals surface area (Å²) in [7, 11) is 3.20. The first-order valence-corrected chi connectivity index (χ1v) is 8.42. The number of ether oxygens (including phenoxy) is 3. The maximum absolute atomic E-state index is 11.5. The first-order chi connectivity index (χ1) is 11.8. The van der Waals surface area contributed by atoms with E-state index >= 15 is 0 Å². The van der Waals surface area contributed by atoms with Gasteiger partial charge in [-0.1, -0.05) is 12.1 Å². The monoisotopic (exact) mass is 349 g/mol. The molecule has 1 atom stereocenters. The quantitative estimate of drug-likeness (QED) is 0.885. The third-order valence-corrected chi connectivity index (χ3v) is 3.70. The number of carbonyl (C=O) groups excluding carboxylic acids is 1. The van der Waals surface area contributed by atoms with Gasteiger partial charge >= 0.3 is 6.09 Å². The normalized spacial score (nSPS) is 16.9. The summed E-state index contributed by atoms with van der Waals surface area (Å²) in [5.41, 5.74) is 0.972. The number of amides is 1. The van der Waals surface area contributed by atoms with Gasteiger partial charge in [-0.15, -0.1) is 0 Å². The van der Waals surface area contributed by atoms with Crippen LogP contribution < -0.4 is 14.8 Å². The van der Waals surface area contributed by atoms with E-state index in [4.69, 9.17) is 9.47 Å². The molecular formula is C18H27N3O4. The van der Waals surface area contributed by atoms with Gasteiger partial charge in [0.25, 0.3) is 0 Å². The molecule has 1 N–H and O–H groups in total. The topological polar surface area (TPSA) is 72.4 Å². The molecule has 0 saturated carbocycles. The Morgan fingerprint density at radius 2 is 1.92 bits per heavy atom. The minimum Gasteiger partial charge on any atom is -0.487 e. The summed E-state index contributed by atoms with van der Waals surface area (Å²) in [6.07, 6.45) is -0.489. The lowest BCUT2D eigenvalue weighted by atomic mass is 10.0. The van der Waals surface area contributed by atoms with Crippen LogP contribution in [-0.2, 0) is 4.74 Å². The molecule has 1 aliphatic rings. The van der Waals surface area contributed by atoms with Crippen LogP contribution in [-0.4, -0.2) is 49.9 Å². The second kappa shape index (κ2) is 8.09. The van der Waals surface area contributed by atoms with Gasteiger partial charge in [-0.3, -0.25) is 10.3 Å². The summed E-state index contributed by atoms with van der Waals surface area (Å²) in [5.74, 6) is 1.91. The molecule has 7 heteroatoms. The van der Waals surface area contributed by atoms with Crippen molar-refractivity contribution in [3.8, 4) is 11.5 Å². The van der Waals surface area contributed by atoms with E-state index in [1.807, 2.05) is 57.8 Å². The largest absolute Gasteiger partial charge is 0.487 e. The van der Waals surface area contributed by atoms with Gasteiger partial charge in [0.1, 0.15) is 0 Å². The van der Waals surface area contributed by atoms with Crippen molar-refractivity contribution in [3.63, 3.8) is 0 Å². The van der Waals surface area contributed by atoms with E-state index in [0.29, 0.717) is 18.3 Å². The number of methoxy groups -OCH3 is 1. The predicted molar refractivity (Wildman–Crippen MR) is 96.3 cm³/mol. The Hall–Kier alpha value is -2.44. The van der Waals surface area contributed by atoms with Crippen LogP contribution in [0.3, 0.4) is 0 Å². The van der Waals surface area contributed by atoms with E-state index < -0.39 is 6.09 Å². The van der Waals surface area contributed by atoms with Gasteiger partial charge in [-0.25, -0.2) is 4.79 Å². The maximum atomic E-state index is 11.5. The van der Waals surface area contributed by atoms with E-state index in [1.54, 1.807) is 0 Å². The number of alkyl carbamates (subject to hydrolysis) is 1. The highest BCUT2D eigenvalue weighted by Gasteiger charge is 2.31. The van der Waals surface area contributed by atoms with Crippen LogP contribution in [0.1, 0.15) is 39.3 Å². The molecule has 1 aromatic rings. The van der Waals surface area contributed by atoms with Crippen LogP contribution >= 0.6 is 0 Å². The molecule has 1 amide bonds. The molecule has 1 unspecified atom stereocenters. The summed E-state index contributed by atoms with van der Waals surface area (Å²) in [6, 6.07) is 5.80. The summed E-state index contributed by atoms with van der Waals surface area (Å²) in [5, 5.41) is 2.63. The minimum atomic E-state index is -0.540. The zero-order chi connectivity index (χ0) is 18.6. The van der Waals surface area contributed by atoms with Crippen molar-refractivity contribution in [3.05, 3.63) is 23.8 Å². The van der Waals surface area contributed by atoms with E-state index in [-0.39, 0.29) is 18.2 Å². The van der Waals surface area contributed by atoms with Crippen LogP contribution in [0.15, 0.2) is 23.2 Å². The first-order valence-electron chi connectivity index (χ1n) is 8.42. The standard InChI is InChI=1S/C18H27N3O4/c1-11(2)24-15-9-7-8-13(16(15)25-12(3)4)14-10-19-17(21(14)5)20-18(22)23-6/h7-9,11-12,14H,10H2,1-6H3,(H,19,20,22). The van der Waals surface area contributed by atoms with Gasteiger partial charge in [-0.2, -0.15) is 0 Å². The average Bonchev–Trinajstić information content (AvgIpc) is 2.89. The number of hydrogen-bond acceptors (Lipinski definition) is 6. The molecule has 0 radical (unpaired) electrons. The Morgan fingerprint density at radius 1 is 1.24 bits per heavy atom. The number of rotatable bonds is 5. The van der Waals surface area contributed by atoms with E-state index in [2.05, 4.69) is 15.0 Å². The lowest BCUT2D eigenvalue weighted by Gasteiger charge is -2.27. The fraction of sp³-hybridized carbons (Fsp3) is 0.556. The highest BCUT2D eigenvalue weighted by molar-refractivity contribution is 5.95. The fourth-order valence-electron chi connectivity index (χ4n) is 2.64. The summed E-state index contributed by atoms with van der Waals surface area (Å²) >= 11 is 0. The molecule has 0 fully saturated rings. The molecule has 0 saturated heterocycles. The number of aliphatic imine (C=N–C) groups is 1. The number of likely N-dealkylation sites (N-methyl/N-ethyl adjacent to an activating group) is 1. The lowest BCUT2D eigenvalue weighted by Crippen LogP contribution is -2.40. The molecule has 1 aromatic carbocycles. The molecule has 0 spiro atoms. The number of nitrogens with one attached hydrogen (secondary N) is 1. The first kappa shape index (κ1) is 18.9. The Kier molecular flexibility index (Phi) is 6.12. The van der Waals surface area contributed by atoms with Gasteiger partial charge < -0.3 is 19.1 Å². The van der Waals surface area contributed by atoms with E-state index in [0.717, 1.165) is 11.3 Å². The van der Waals surface area contributed by atoms with Crippen molar-refractivity contribution >= 4 is 12.1 Å². The molecule has 0 aliphatic carbocycles. The van der Waals surface area contributed by atoms with E-state index in [9.17, 15) is 4.79 Å². The Morgan fingerprint density at radius 3 is 2.52 bits per heavy atom. The van der Waals surface area contributed by atoms with Gasteiger partial charge in [0.05, 0.1) is 31.9 Å². The van der Waals surface area contributed by atoms with Crippen LogP contribution in [0.5, 0.6) is 11.5 Å². The van der Waals surface area contributed by atoms with Crippen molar-refractivity contribution in [2.24, 2.45) is 4.99 Å². The number of benzene rings is 1. The second-order valence-corrected chi connectivity index (χ2v) is 6.42. The number of guanidine groups is 1. The predicted octanol–water partition coefficient (Wildman–Crippen LogP) is 2.96. The molecule has 0 aromatic heterocycles. The summed E-state index contributed by atoms with van der Waals surface area (Å²) in [4.78, 5) is 17.8. The van der Waals surface area contributed by atoms with Crippen LogP contribution in [0, 0.1) is 0 Å². The molecule has 25 heavy (non-hydrogen) atoms.